The molecule has 1 aliphatic carbocycles. The molecule has 0 radical (unpaired) electrons. The zero-order valence-corrected chi connectivity index (χ0v) is 18.4. The van der Waals surface area contributed by atoms with Crippen LogP contribution in [-0.4, -0.2) is 0 Å². The first kappa shape index (κ1) is 18.9. The van der Waals surface area contributed by atoms with Gasteiger partial charge in [-0.15, -0.1) is 0 Å². The Kier molecular flexibility index (Phi) is 4.19. The van der Waals surface area contributed by atoms with Crippen molar-refractivity contribution >= 4 is 22.1 Å². The maximum absolute atomic E-state index is 3.56. The summed E-state index contributed by atoms with van der Waals surface area (Å²) in [5.74, 6) is 0. The van der Waals surface area contributed by atoms with Gasteiger partial charge >= 0.3 is 0 Å². The minimum absolute atomic E-state index is 0.0559. The number of benzene rings is 5. The normalized spacial score (nSPS) is 13.6. The molecule has 1 nitrogen and oxygen atoms in total. The second-order valence-corrected chi connectivity index (χ2v) is 9.16. The number of nitrogens with one attached hydrogen (secondary N) is 1. The molecular formula is C31H25N. The van der Waals surface area contributed by atoms with E-state index in [4.69, 9.17) is 0 Å². The van der Waals surface area contributed by atoms with Gasteiger partial charge in [0.05, 0.1) is 0 Å². The fourth-order valence-corrected chi connectivity index (χ4v) is 5.15. The highest BCUT2D eigenvalue weighted by Crippen LogP contribution is 2.50. The molecule has 1 N–H and O–H groups in total. The van der Waals surface area contributed by atoms with Crippen molar-refractivity contribution in [3.8, 4) is 22.3 Å². The Bertz CT molecular complexity index is 1460. The summed E-state index contributed by atoms with van der Waals surface area (Å²) >= 11 is 0. The van der Waals surface area contributed by atoms with E-state index in [2.05, 4.69) is 122 Å². The first-order chi connectivity index (χ1) is 15.6. The molecule has 0 unspecified atom stereocenters. The van der Waals surface area contributed by atoms with Gasteiger partial charge in [0.2, 0.25) is 0 Å². The van der Waals surface area contributed by atoms with Crippen LogP contribution >= 0.6 is 0 Å². The van der Waals surface area contributed by atoms with Gasteiger partial charge in [-0.05, 0) is 74.5 Å². The monoisotopic (exact) mass is 411 g/mol. The van der Waals surface area contributed by atoms with E-state index in [0.29, 0.717) is 0 Å². The molecule has 0 atom stereocenters. The van der Waals surface area contributed by atoms with Crippen LogP contribution in [0.15, 0.2) is 109 Å². The lowest BCUT2D eigenvalue weighted by Crippen LogP contribution is -2.15. The smallest absolute Gasteiger partial charge is 0.0387 e. The van der Waals surface area contributed by atoms with Crippen LogP contribution in [0, 0.1) is 0 Å². The third-order valence-electron chi connectivity index (χ3n) is 6.84. The van der Waals surface area contributed by atoms with Crippen molar-refractivity contribution < 1.29 is 0 Å². The van der Waals surface area contributed by atoms with Crippen molar-refractivity contribution in [1.82, 2.24) is 0 Å². The third-order valence-corrected chi connectivity index (χ3v) is 6.84. The number of rotatable bonds is 3. The molecule has 32 heavy (non-hydrogen) atoms. The lowest BCUT2D eigenvalue weighted by molar-refractivity contribution is 0.661. The molecule has 0 saturated carbocycles. The van der Waals surface area contributed by atoms with Gasteiger partial charge in [0, 0.05) is 16.8 Å². The Morgan fingerprint density at radius 3 is 2.06 bits per heavy atom. The number of para-hydroxylation sites is 1. The quantitative estimate of drug-likeness (QED) is 0.313. The molecule has 0 heterocycles. The molecule has 1 aliphatic rings. The Labute approximate surface area is 189 Å². The second-order valence-electron chi connectivity index (χ2n) is 9.16. The molecule has 5 aromatic carbocycles. The number of anilines is 2. The van der Waals surface area contributed by atoms with Crippen molar-refractivity contribution in [1.29, 1.82) is 0 Å². The fraction of sp³-hybridized carbons (Fsp3) is 0.0968. The highest BCUT2D eigenvalue weighted by Gasteiger charge is 2.35. The summed E-state index contributed by atoms with van der Waals surface area (Å²) < 4.78 is 0. The standard InChI is InChI=1S/C31H25N/c1-31(2)29-19-22(26-14-8-10-21-9-6-7-13-25(21)26)15-17-27(29)28-18-16-24(20-30(28)31)32-23-11-4-3-5-12-23/h3-20,32H,1-2H3. The van der Waals surface area contributed by atoms with Crippen LogP contribution in [0.1, 0.15) is 25.0 Å². The van der Waals surface area contributed by atoms with Gasteiger partial charge in [0.15, 0.2) is 0 Å². The summed E-state index contributed by atoms with van der Waals surface area (Å²) in [4.78, 5) is 0. The molecule has 0 fully saturated rings. The molecule has 0 saturated heterocycles. The lowest BCUT2D eigenvalue weighted by atomic mass is 9.81. The molecule has 154 valence electrons. The van der Waals surface area contributed by atoms with E-state index in [-0.39, 0.29) is 5.41 Å². The summed E-state index contributed by atoms with van der Waals surface area (Å²) in [6.45, 7) is 4.69. The average molecular weight is 412 g/mol. The van der Waals surface area contributed by atoms with Crippen LogP contribution in [0.4, 0.5) is 11.4 Å². The van der Waals surface area contributed by atoms with Crippen molar-refractivity contribution in [2.75, 3.05) is 5.32 Å². The van der Waals surface area contributed by atoms with Gasteiger partial charge in [0.25, 0.3) is 0 Å². The highest BCUT2D eigenvalue weighted by atomic mass is 14.9. The SMILES string of the molecule is CC1(C)c2cc(Nc3ccccc3)ccc2-c2ccc(-c3cccc4ccccc34)cc21. The van der Waals surface area contributed by atoms with Crippen molar-refractivity contribution in [3.05, 3.63) is 120 Å². The molecule has 1 heteroatoms. The topological polar surface area (TPSA) is 12.0 Å². The Hall–Kier alpha value is -3.84. The number of fused-ring (bicyclic) bond motifs is 4. The van der Waals surface area contributed by atoms with Crippen molar-refractivity contribution in [3.63, 3.8) is 0 Å². The highest BCUT2D eigenvalue weighted by molar-refractivity contribution is 5.97. The van der Waals surface area contributed by atoms with Crippen molar-refractivity contribution in [2.45, 2.75) is 19.3 Å². The Morgan fingerprint density at radius 1 is 0.531 bits per heavy atom. The van der Waals surface area contributed by atoms with E-state index in [1.54, 1.807) is 0 Å². The molecular weight excluding hydrogens is 386 g/mol. The van der Waals surface area contributed by atoms with E-state index in [9.17, 15) is 0 Å². The molecule has 5 aromatic rings. The van der Waals surface area contributed by atoms with E-state index in [0.717, 1.165) is 11.4 Å². The molecule has 6 rings (SSSR count). The van der Waals surface area contributed by atoms with Crippen LogP contribution in [-0.2, 0) is 5.41 Å². The number of hydrogen-bond acceptors (Lipinski definition) is 1. The first-order valence-electron chi connectivity index (χ1n) is 11.2. The zero-order chi connectivity index (χ0) is 21.7. The molecule has 0 spiro atoms. The summed E-state index contributed by atoms with van der Waals surface area (Å²) in [6, 6.07) is 39.4. The van der Waals surface area contributed by atoms with Crippen LogP contribution in [0.25, 0.3) is 33.0 Å². The average Bonchev–Trinajstić information content (AvgIpc) is 3.05. The van der Waals surface area contributed by atoms with Gasteiger partial charge in [-0.2, -0.15) is 0 Å². The van der Waals surface area contributed by atoms with E-state index in [1.165, 1.54) is 44.2 Å². The maximum Gasteiger partial charge on any atom is 0.0387 e. The molecule has 0 bridgehead atoms. The van der Waals surface area contributed by atoms with Crippen LogP contribution < -0.4 is 5.32 Å². The first-order valence-corrected chi connectivity index (χ1v) is 11.2. The predicted octanol–water partition coefficient (Wildman–Crippen LogP) is 8.56. The summed E-state index contributed by atoms with van der Waals surface area (Å²) in [5.41, 5.74) is 10.2. The minimum atomic E-state index is -0.0559. The van der Waals surface area contributed by atoms with Crippen LogP contribution in [0.3, 0.4) is 0 Å². The molecule has 0 aromatic heterocycles. The van der Waals surface area contributed by atoms with Gasteiger partial charge in [-0.3, -0.25) is 0 Å². The summed E-state index contributed by atoms with van der Waals surface area (Å²) in [7, 11) is 0. The number of hydrogen-bond donors (Lipinski definition) is 1. The zero-order valence-electron chi connectivity index (χ0n) is 18.4. The van der Waals surface area contributed by atoms with Crippen LogP contribution in [0.2, 0.25) is 0 Å². The van der Waals surface area contributed by atoms with Crippen molar-refractivity contribution in [2.24, 2.45) is 0 Å². The van der Waals surface area contributed by atoms with Gasteiger partial charge in [-0.1, -0.05) is 92.7 Å². The Morgan fingerprint density at radius 2 is 1.22 bits per heavy atom. The second kappa shape index (κ2) is 7.10. The largest absolute Gasteiger partial charge is 0.356 e. The van der Waals surface area contributed by atoms with Gasteiger partial charge in [0.1, 0.15) is 0 Å². The van der Waals surface area contributed by atoms with E-state index < -0.39 is 0 Å². The van der Waals surface area contributed by atoms with Gasteiger partial charge in [-0.25, -0.2) is 0 Å². The molecule has 0 aliphatic heterocycles. The fourth-order valence-electron chi connectivity index (χ4n) is 5.15. The van der Waals surface area contributed by atoms with Crippen LogP contribution in [0.5, 0.6) is 0 Å². The summed E-state index contributed by atoms with van der Waals surface area (Å²) in [6.07, 6.45) is 0. The maximum atomic E-state index is 3.56. The van der Waals surface area contributed by atoms with E-state index >= 15 is 0 Å². The van der Waals surface area contributed by atoms with E-state index in [1.807, 2.05) is 6.07 Å². The Balaban J connectivity index is 1.44. The predicted molar refractivity (Wildman–Crippen MR) is 137 cm³/mol. The summed E-state index contributed by atoms with van der Waals surface area (Å²) in [5, 5.41) is 6.14. The van der Waals surface area contributed by atoms with Gasteiger partial charge < -0.3 is 5.32 Å². The lowest BCUT2D eigenvalue weighted by Gasteiger charge is -2.23. The minimum Gasteiger partial charge on any atom is -0.356 e. The third kappa shape index (κ3) is 2.93. The molecule has 0 amide bonds.